The normalized spacial score (nSPS) is 17.0. The fraction of sp³-hybridized carbons (Fsp3) is 0.536. The van der Waals surface area contributed by atoms with Crippen LogP contribution < -0.4 is 10.1 Å². The number of aromatic nitrogens is 5. The molecule has 2 aromatic heterocycles. The van der Waals surface area contributed by atoms with E-state index in [0.717, 1.165) is 61.6 Å². The fourth-order valence-corrected chi connectivity index (χ4v) is 5.25. The molecular weight excluding hydrogens is 468 g/mol. The average Bonchev–Trinajstić information content (AvgIpc) is 3.40. The first-order chi connectivity index (χ1) is 18.1. The molecule has 0 radical (unpaired) electrons. The van der Waals surface area contributed by atoms with Gasteiger partial charge in [-0.25, -0.2) is 9.97 Å². The maximum absolute atomic E-state index is 12.8. The Balaban J connectivity index is 1.20. The molecule has 1 aliphatic carbocycles. The Bertz CT molecular complexity index is 1180. The minimum Gasteiger partial charge on any atom is -0.494 e. The first-order valence-electron chi connectivity index (χ1n) is 13.5. The number of rotatable bonds is 9. The number of anilines is 1. The zero-order valence-electron chi connectivity index (χ0n) is 21.5. The van der Waals surface area contributed by atoms with E-state index in [0.29, 0.717) is 30.0 Å². The summed E-state index contributed by atoms with van der Waals surface area (Å²) in [6, 6.07) is 7.79. The highest BCUT2D eigenvalue weighted by atomic mass is 16.5. The SMILES string of the molecule is Cc1ccc(OCCC2CCOCC2)cc1-c1cc(NC(=O)c2nnc(CC3CCCCC3)[nH]2)ncn1. The van der Waals surface area contributed by atoms with E-state index < -0.39 is 0 Å². The number of H-pyrrole nitrogens is 1. The largest absolute Gasteiger partial charge is 0.494 e. The van der Waals surface area contributed by atoms with Crippen molar-refractivity contribution in [2.45, 2.75) is 64.7 Å². The number of amides is 1. The molecule has 0 bridgehead atoms. The molecule has 196 valence electrons. The Kier molecular flexibility index (Phi) is 8.40. The molecule has 3 aromatic rings. The molecule has 9 heteroatoms. The number of carbonyl (C=O) groups excluding carboxylic acids is 1. The molecule has 9 nitrogen and oxygen atoms in total. The van der Waals surface area contributed by atoms with Crippen molar-refractivity contribution in [3.05, 3.63) is 47.8 Å². The highest BCUT2D eigenvalue weighted by molar-refractivity contribution is 6.01. The van der Waals surface area contributed by atoms with Gasteiger partial charge in [-0.15, -0.1) is 10.2 Å². The summed E-state index contributed by atoms with van der Waals surface area (Å²) in [7, 11) is 0. The summed E-state index contributed by atoms with van der Waals surface area (Å²) < 4.78 is 11.5. The second kappa shape index (κ2) is 12.3. The minimum absolute atomic E-state index is 0.196. The lowest BCUT2D eigenvalue weighted by Crippen LogP contribution is -2.17. The lowest BCUT2D eigenvalue weighted by Gasteiger charge is -2.21. The Labute approximate surface area is 217 Å². The van der Waals surface area contributed by atoms with E-state index in [2.05, 4.69) is 30.5 Å². The van der Waals surface area contributed by atoms with Crippen LogP contribution in [-0.2, 0) is 11.2 Å². The fourth-order valence-electron chi connectivity index (χ4n) is 5.25. The smallest absolute Gasteiger partial charge is 0.294 e. The molecule has 1 aliphatic heterocycles. The van der Waals surface area contributed by atoms with Crippen molar-refractivity contribution in [2.24, 2.45) is 11.8 Å². The number of hydrogen-bond donors (Lipinski definition) is 2. The molecule has 37 heavy (non-hydrogen) atoms. The maximum Gasteiger partial charge on any atom is 0.294 e. The molecule has 1 saturated carbocycles. The molecule has 1 aromatic carbocycles. The molecule has 0 spiro atoms. The third-order valence-corrected chi connectivity index (χ3v) is 7.48. The molecule has 2 aliphatic rings. The van der Waals surface area contributed by atoms with Crippen LogP contribution >= 0.6 is 0 Å². The summed E-state index contributed by atoms with van der Waals surface area (Å²) in [6.45, 7) is 4.41. The summed E-state index contributed by atoms with van der Waals surface area (Å²) >= 11 is 0. The second-order valence-electron chi connectivity index (χ2n) is 10.2. The number of benzene rings is 1. The zero-order valence-corrected chi connectivity index (χ0v) is 21.5. The van der Waals surface area contributed by atoms with E-state index in [9.17, 15) is 4.79 Å². The van der Waals surface area contributed by atoms with Crippen molar-refractivity contribution >= 4 is 11.7 Å². The number of aromatic amines is 1. The van der Waals surface area contributed by atoms with Crippen LogP contribution in [-0.4, -0.2) is 50.9 Å². The summed E-state index contributed by atoms with van der Waals surface area (Å²) in [5.41, 5.74) is 2.72. The third-order valence-electron chi connectivity index (χ3n) is 7.48. The molecule has 3 heterocycles. The Morgan fingerprint density at radius 1 is 1.05 bits per heavy atom. The van der Waals surface area contributed by atoms with E-state index in [-0.39, 0.29) is 11.7 Å². The maximum atomic E-state index is 12.8. The lowest BCUT2D eigenvalue weighted by atomic mass is 9.87. The highest BCUT2D eigenvalue weighted by Gasteiger charge is 2.19. The van der Waals surface area contributed by atoms with Gasteiger partial charge >= 0.3 is 0 Å². The topological polar surface area (TPSA) is 115 Å². The molecule has 1 amide bonds. The van der Waals surface area contributed by atoms with Crippen LogP contribution in [0.25, 0.3) is 11.3 Å². The van der Waals surface area contributed by atoms with Crippen molar-refractivity contribution in [2.75, 3.05) is 25.1 Å². The van der Waals surface area contributed by atoms with Crippen LogP contribution in [0.4, 0.5) is 5.82 Å². The van der Waals surface area contributed by atoms with Crippen LogP contribution in [0, 0.1) is 18.8 Å². The molecule has 0 unspecified atom stereocenters. The monoisotopic (exact) mass is 504 g/mol. The van der Waals surface area contributed by atoms with Gasteiger partial charge in [-0.1, -0.05) is 38.2 Å². The molecule has 2 fully saturated rings. The van der Waals surface area contributed by atoms with Crippen LogP contribution in [0.3, 0.4) is 0 Å². The average molecular weight is 505 g/mol. The summed E-state index contributed by atoms with van der Waals surface area (Å²) in [6.07, 6.45) is 11.8. The van der Waals surface area contributed by atoms with Crippen molar-refractivity contribution in [1.29, 1.82) is 0 Å². The van der Waals surface area contributed by atoms with Crippen molar-refractivity contribution in [3.8, 4) is 17.0 Å². The van der Waals surface area contributed by atoms with Crippen LogP contribution in [0.15, 0.2) is 30.6 Å². The molecule has 2 N–H and O–H groups in total. The van der Waals surface area contributed by atoms with Crippen molar-refractivity contribution < 1.29 is 14.3 Å². The van der Waals surface area contributed by atoms with E-state index >= 15 is 0 Å². The first-order valence-corrected chi connectivity index (χ1v) is 13.5. The first kappa shape index (κ1) is 25.3. The number of nitrogens with zero attached hydrogens (tertiary/aromatic N) is 4. The molecule has 5 rings (SSSR count). The van der Waals surface area contributed by atoms with Crippen LogP contribution in [0.5, 0.6) is 5.75 Å². The number of carbonyl (C=O) groups is 1. The minimum atomic E-state index is -0.367. The van der Waals surface area contributed by atoms with Gasteiger partial charge in [0.25, 0.3) is 5.91 Å². The van der Waals surface area contributed by atoms with Gasteiger partial charge in [0.15, 0.2) is 0 Å². The van der Waals surface area contributed by atoms with Gasteiger partial charge in [-0.3, -0.25) is 4.79 Å². The van der Waals surface area contributed by atoms with Gasteiger partial charge in [0.1, 0.15) is 23.7 Å². The summed E-state index contributed by atoms with van der Waals surface area (Å²) in [5.74, 6) is 3.10. The quantitative estimate of drug-likeness (QED) is 0.414. The number of nitrogens with one attached hydrogen (secondary N) is 2. The number of aryl methyl sites for hydroxylation is 1. The highest BCUT2D eigenvalue weighted by Crippen LogP contribution is 2.28. The summed E-state index contributed by atoms with van der Waals surface area (Å²) in [5, 5.41) is 11.1. The second-order valence-corrected chi connectivity index (χ2v) is 10.2. The van der Waals surface area contributed by atoms with E-state index in [1.807, 2.05) is 25.1 Å². The van der Waals surface area contributed by atoms with E-state index in [1.54, 1.807) is 6.07 Å². The predicted octanol–water partition coefficient (Wildman–Crippen LogP) is 5.14. The Morgan fingerprint density at radius 3 is 2.73 bits per heavy atom. The number of ether oxygens (including phenoxy) is 2. The van der Waals surface area contributed by atoms with Gasteiger partial charge in [0.2, 0.25) is 5.82 Å². The van der Waals surface area contributed by atoms with E-state index in [1.165, 1.54) is 38.4 Å². The van der Waals surface area contributed by atoms with Gasteiger partial charge in [-0.05, 0) is 55.7 Å². The van der Waals surface area contributed by atoms with Gasteiger partial charge in [-0.2, -0.15) is 0 Å². The van der Waals surface area contributed by atoms with Crippen molar-refractivity contribution in [3.63, 3.8) is 0 Å². The van der Waals surface area contributed by atoms with Gasteiger partial charge in [0.05, 0.1) is 12.3 Å². The molecule has 1 saturated heterocycles. The third kappa shape index (κ3) is 6.91. The predicted molar refractivity (Wildman–Crippen MR) is 140 cm³/mol. The van der Waals surface area contributed by atoms with Crippen LogP contribution in [0.1, 0.15) is 73.4 Å². The molecule has 0 atom stereocenters. The van der Waals surface area contributed by atoms with Gasteiger partial charge in [0, 0.05) is 31.3 Å². The van der Waals surface area contributed by atoms with Gasteiger partial charge < -0.3 is 19.8 Å². The number of hydrogen-bond acceptors (Lipinski definition) is 7. The lowest BCUT2D eigenvalue weighted by molar-refractivity contribution is 0.0593. The summed E-state index contributed by atoms with van der Waals surface area (Å²) in [4.78, 5) is 24.6. The standard InChI is InChI=1S/C28H36N6O3/c1-19-7-8-22(37-14-11-20-9-12-36-13-10-20)16-23(19)24-17-25(30-18-29-24)32-28(35)27-31-26(33-34-27)15-21-5-3-2-4-6-21/h7-8,16-18,20-21H,2-6,9-15H2,1H3,(H,31,33,34)(H,29,30,32,35). The molecular formula is C28H36N6O3. The van der Waals surface area contributed by atoms with E-state index in [4.69, 9.17) is 9.47 Å². The van der Waals surface area contributed by atoms with Crippen molar-refractivity contribution in [1.82, 2.24) is 25.1 Å². The zero-order chi connectivity index (χ0) is 25.5. The van der Waals surface area contributed by atoms with Crippen LogP contribution in [0.2, 0.25) is 0 Å². The Morgan fingerprint density at radius 2 is 1.89 bits per heavy atom. The Hall–Kier alpha value is -3.33.